The van der Waals surface area contributed by atoms with Gasteiger partial charge in [0.2, 0.25) is 0 Å². The molecule has 1 N–H and O–H groups in total. The molecule has 0 spiro atoms. The minimum atomic E-state index is 0.607. The quantitative estimate of drug-likeness (QED) is 0.493. The SMILES string of the molecule is Clc1ccc(-c2ccc(CNCCC3=CCCCC3)o2)c(Cl)c1. The van der Waals surface area contributed by atoms with Gasteiger partial charge in [0.15, 0.2) is 0 Å². The van der Waals surface area contributed by atoms with Crippen molar-refractivity contribution in [2.75, 3.05) is 6.54 Å². The van der Waals surface area contributed by atoms with Crippen molar-refractivity contribution in [1.82, 2.24) is 5.32 Å². The van der Waals surface area contributed by atoms with Crippen LogP contribution in [-0.2, 0) is 6.54 Å². The van der Waals surface area contributed by atoms with E-state index < -0.39 is 0 Å². The summed E-state index contributed by atoms with van der Waals surface area (Å²) in [6.07, 6.45) is 8.74. The predicted octanol–water partition coefficient (Wildman–Crippen LogP) is 6.23. The third kappa shape index (κ3) is 4.63. The number of furan rings is 1. The van der Waals surface area contributed by atoms with E-state index in [4.69, 9.17) is 27.6 Å². The van der Waals surface area contributed by atoms with Crippen molar-refractivity contribution < 1.29 is 4.42 Å². The second-order valence-corrected chi connectivity index (χ2v) is 6.77. The van der Waals surface area contributed by atoms with Crippen LogP contribution in [0, 0.1) is 0 Å². The zero-order chi connectivity index (χ0) is 16.1. The lowest BCUT2D eigenvalue weighted by molar-refractivity contribution is 0.493. The van der Waals surface area contributed by atoms with Gasteiger partial charge in [0.25, 0.3) is 0 Å². The Morgan fingerprint density at radius 2 is 2.00 bits per heavy atom. The smallest absolute Gasteiger partial charge is 0.135 e. The Bertz CT molecular complexity index is 690. The number of rotatable bonds is 6. The van der Waals surface area contributed by atoms with Gasteiger partial charge in [-0.05, 0) is 69.0 Å². The van der Waals surface area contributed by atoms with E-state index in [0.717, 1.165) is 36.6 Å². The first-order chi connectivity index (χ1) is 11.2. The molecule has 122 valence electrons. The van der Waals surface area contributed by atoms with E-state index in [0.29, 0.717) is 10.0 Å². The molecule has 0 aliphatic heterocycles. The maximum Gasteiger partial charge on any atom is 0.135 e. The van der Waals surface area contributed by atoms with E-state index in [9.17, 15) is 0 Å². The van der Waals surface area contributed by atoms with Crippen molar-refractivity contribution in [2.45, 2.75) is 38.6 Å². The lowest BCUT2D eigenvalue weighted by atomic mass is 9.97. The van der Waals surface area contributed by atoms with Crippen molar-refractivity contribution in [1.29, 1.82) is 0 Å². The van der Waals surface area contributed by atoms with Gasteiger partial charge >= 0.3 is 0 Å². The standard InChI is InChI=1S/C19H21Cl2NO/c20-15-6-8-17(18(21)12-15)19-9-7-16(23-19)13-22-11-10-14-4-2-1-3-5-14/h4,6-9,12,22H,1-3,5,10-11,13H2. The monoisotopic (exact) mass is 349 g/mol. The molecular weight excluding hydrogens is 329 g/mol. The van der Waals surface area contributed by atoms with E-state index in [2.05, 4.69) is 11.4 Å². The summed E-state index contributed by atoms with van der Waals surface area (Å²) < 4.78 is 5.88. The average molecular weight is 350 g/mol. The molecule has 1 heterocycles. The summed E-state index contributed by atoms with van der Waals surface area (Å²) in [5, 5.41) is 4.68. The topological polar surface area (TPSA) is 25.2 Å². The fraction of sp³-hybridized carbons (Fsp3) is 0.368. The van der Waals surface area contributed by atoms with E-state index in [1.165, 1.54) is 25.7 Å². The molecule has 1 aromatic heterocycles. The molecule has 23 heavy (non-hydrogen) atoms. The predicted molar refractivity (Wildman–Crippen MR) is 97.0 cm³/mol. The van der Waals surface area contributed by atoms with Crippen LogP contribution in [0.1, 0.15) is 37.9 Å². The Morgan fingerprint density at radius 3 is 2.78 bits per heavy atom. The summed E-state index contributed by atoms with van der Waals surface area (Å²) in [5.74, 6) is 1.70. The second kappa shape index (κ2) is 8.05. The van der Waals surface area contributed by atoms with Crippen LogP contribution in [-0.4, -0.2) is 6.54 Å². The molecular formula is C19H21Cl2NO. The lowest BCUT2D eigenvalue weighted by Crippen LogP contribution is -2.15. The third-order valence-electron chi connectivity index (χ3n) is 4.17. The molecule has 1 aliphatic carbocycles. The van der Waals surface area contributed by atoms with Gasteiger partial charge in [-0.15, -0.1) is 0 Å². The van der Waals surface area contributed by atoms with Gasteiger partial charge in [0.1, 0.15) is 11.5 Å². The van der Waals surface area contributed by atoms with E-state index in [-0.39, 0.29) is 0 Å². The molecule has 2 nitrogen and oxygen atoms in total. The number of nitrogens with one attached hydrogen (secondary N) is 1. The summed E-state index contributed by atoms with van der Waals surface area (Å²) in [6, 6.07) is 9.39. The highest BCUT2D eigenvalue weighted by Crippen LogP contribution is 2.31. The number of benzene rings is 1. The summed E-state index contributed by atoms with van der Waals surface area (Å²) in [6.45, 7) is 1.72. The third-order valence-corrected chi connectivity index (χ3v) is 4.71. The molecule has 0 atom stereocenters. The van der Waals surface area contributed by atoms with Gasteiger partial charge in [0, 0.05) is 10.6 Å². The van der Waals surface area contributed by atoms with Crippen molar-refractivity contribution in [3.05, 3.63) is 57.8 Å². The number of allylic oxidation sites excluding steroid dienone is 1. The Hall–Kier alpha value is -1.22. The van der Waals surface area contributed by atoms with E-state index in [1.807, 2.05) is 24.3 Å². The van der Waals surface area contributed by atoms with Crippen LogP contribution in [0.2, 0.25) is 10.0 Å². The Balaban J connectivity index is 1.52. The minimum Gasteiger partial charge on any atom is -0.460 e. The molecule has 2 aromatic rings. The maximum absolute atomic E-state index is 6.22. The van der Waals surface area contributed by atoms with Gasteiger partial charge in [0.05, 0.1) is 11.6 Å². The average Bonchev–Trinajstić information content (AvgIpc) is 3.01. The van der Waals surface area contributed by atoms with Crippen LogP contribution >= 0.6 is 23.2 Å². The highest BCUT2D eigenvalue weighted by molar-refractivity contribution is 6.36. The molecule has 0 amide bonds. The molecule has 1 aromatic carbocycles. The second-order valence-electron chi connectivity index (χ2n) is 5.93. The highest BCUT2D eigenvalue weighted by atomic mass is 35.5. The first-order valence-electron chi connectivity index (χ1n) is 8.15. The summed E-state index contributed by atoms with van der Waals surface area (Å²) in [5.41, 5.74) is 2.46. The van der Waals surface area contributed by atoms with Gasteiger partial charge < -0.3 is 9.73 Å². The first kappa shape index (κ1) is 16.6. The van der Waals surface area contributed by atoms with Crippen molar-refractivity contribution in [2.24, 2.45) is 0 Å². The maximum atomic E-state index is 6.22. The molecule has 0 saturated carbocycles. The normalized spacial score (nSPS) is 14.8. The zero-order valence-corrected chi connectivity index (χ0v) is 14.6. The van der Waals surface area contributed by atoms with Crippen molar-refractivity contribution in [3.63, 3.8) is 0 Å². The van der Waals surface area contributed by atoms with Gasteiger partial charge in [-0.1, -0.05) is 34.9 Å². The molecule has 1 aliphatic rings. The van der Waals surface area contributed by atoms with Crippen molar-refractivity contribution >= 4 is 23.2 Å². The number of halogens is 2. The number of hydrogen-bond acceptors (Lipinski definition) is 2. The molecule has 0 unspecified atom stereocenters. The van der Waals surface area contributed by atoms with Gasteiger partial charge in [-0.2, -0.15) is 0 Å². The van der Waals surface area contributed by atoms with Gasteiger partial charge in [-0.25, -0.2) is 0 Å². The van der Waals surface area contributed by atoms with Crippen LogP contribution in [0.3, 0.4) is 0 Å². The Labute approximate surface area is 147 Å². The summed E-state index contributed by atoms with van der Waals surface area (Å²) in [7, 11) is 0. The Morgan fingerprint density at radius 1 is 1.09 bits per heavy atom. The largest absolute Gasteiger partial charge is 0.460 e. The Kier molecular flexibility index (Phi) is 5.82. The van der Waals surface area contributed by atoms with E-state index in [1.54, 1.807) is 11.6 Å². The summed E-state index contributed by atoms with van der Waals surface area (Å²) >= 11 is 12.1. The minimum absolute atomic E-state index is 0.607. The fourth-order valence-electron chi connectivity index (χ4n) is 2.90. The van der Waals surface area contributed by atoms with Gasteiger partial charge in [-0.3, -0.25) is 0 Å². The first-order valence-corrected chi connectivity index (χ1v) is 8.91. The molecule has 0 saturated heterocycles. The van der Waals surface area contributed by atoms with Crippen LogP contribution in [0.4, 0.5) is 0 Å². The molecule has 0 fully saturated rings. The fourth-order valence-corrected chi connectivity index (χ4v) is 3.40. The lowest BCUT2D eigenvalue weighted by Gasteiger charge is -2.12. The number of hydrogen-bond donors (Lipinski definition) is 1. The summed E-state index contributed by atoms with van der Waals surface area (Å²) in [4.78, 5) is 0. The molecule has 4 heteroatoms. The molecule has 3 rings (SSSR count). The molecule has 0 bridgehead atoms. The van der Waals surface area contributed by atoms with Crippen LogP contribution in [0.15, 0.2) is 46.4 Å². The zero-order valence-electron chi connectivity index (χ0n) is 13.1. The molecule has 0 radical (unpaired) electrons. The van der Waals surface area contributed by atoms with Crippen LogP contribution < -0.4 is 5.32 Å². The van der Waals surface area contributed by atoms with Crippen molar-refractivity contribution in [3.8, 4) is 11.3 Å². The van der Waals surface area contributed by atoms with E-state index >= 15 is 0 Å². The van der Waals surface area contributed by atoms with Crippen LogP contribution in [0.5, 0.6) is 0 Å². The highest BCUT2D eigenvalue weighted by Gasteiger charge is 2.09. The van der Waals surface area contributed by atoms with Crippen LogP contribution in [0.25, 0.3) is 11.3 Å².